The summed E-state index contributed by atoms with van der Waals surface area (Å²) in [4.78, 5) is 34.6. The molecule has 8 heteroatoms. The van der Waals surface area contributed by atoms with Crippen molar-refractivity contribution in [3.05, 3.63) is 89.5 Å². The molecule has 0 unspecified atom stereocenters. The summed E-state index contributed by atoms with van der Waals surface area (Å²) in [6.07, 6.45) is 5.44. The number of aromatic hydroxyl groups is 3. The van der Waals surface area contributed by atoms with Crippen LogP contribution in [-0.2, 0) is 9.59 Å². The van der Waals surface area contributed by atoms with E-state index in [1.54, 1.807) is 54.6 Å². The third kappa shape index (κ3) is 9.03. The maximum Gasteiger partial charge on any atom is 0.163 e. The smallest absolute Gasteiger partial charge is 0.163 e. The Morgan fingerprint density at radius 3 is 1.54 bits per heavy atom. The first kappa shape index (κ1) is 28.4. The molecular weight excluding hydrogens is 476 g/mol. The van der Waals surface area contributed by atoms with Crippen LogP contribution in [-0.4, -0.2) is 46.9 Å². The van der Waals surface area contributed by atoms with Crippen molar-refractivity contribution in [3.8, 4) is 28.7 Å². The number of carbonyl (C=O) groups excluding carboxylic acids is 3. The summed E-state index contributed by atoms with van der Waals surface area (Å²) >= 11 is 0. The molecule has 3 N–H and O–H groups in total. The summed E-state index contributed by atoms with van der Waals surface area (Å²) in [5, 5.41) is 28.1. The monoisotopic (exact) mass is 504 g/mol. The van der Waals surface area contributed by atoms with E-state index >= 15 is 0 Å². The summed E-state index contributed by atoms with van der Waals surface area (Å²) in [5.41, 5.74) is 1.71. The maximum absolute atomic E-state index is 11.9. The van der Waals surface area contributed by atoms with Crippen LogP contribution < -0.4 is 9.47 Å². The molecule has 3 rings (SSSR count). The molecule has 192 valence electrons. The first-order valence-electron chi connectivity index (χ1n) is 11.1. The van der Waals surface area contributed by atoms with E-state index in [2.05, 4.69) is 0 Å². The van der Waals surface area contributed by atoms with E-state index in [1.165, 1.54) is 51.5 Å². The molecule has 0 saturated heterocycles. The van der Waals surface area contributed by atoms with Crippen molar-refractivity contribution >= 4 is 29.5 Å². The number of hydrogen-bond donors (Lipinski definition) is 3. The van der Waals surface area contributed by atoms with E-state index in [-0.39, 0.29) is 41.0 Å². The molecule has 0 saturated carbocycles. The summed E-state index contributed by atoms with van der Waals surface area (Å²) in [7, 11) is 2.87. The Morgan fingerprint density at radius 1 is 0.703 bits per heavy atom. The van der Waals surface area contributed by atoms with Crippen LogP contribution in [0.25, 0.3) is 12.2 Å². The van der Waals surface area contributed by atoms with Gasteiger partial charge in [-0.15, -0.1) is 0 Å². The number of ether oxygens (including phenoxy) is 2. The molecule has 0 heterocycles. The van der Waals surface area contributed by atoms with Crippen molar-refractivity contribution in [1.82, 2.24) is 0 Å². The summed E-state index contributed by atoms with van der Waals surface area (Å²) < 4.78 is 10.00. The Kier molecular flexibility index (Phi) is 10.7. The number of methoxy groups -OCH3 is 2. The number of para-hydroxylation sites is 1. The predicted octanol–water partition coefficient (Wildman–Crippen LogP) is 4.96. The molecule has 0 aliphatic carbocycles. The molecule has 0 amide bonds. The fourth-order valence-corrected chi connectivity index (χ4v) is 3.04. The molecule has 8 nitrogen and oxygen atoms in total. The topological polar surface area (TPSA) is 130 Å². The molecule has 0 aromatic heterocycles. The number of rotatable bonds is 9. The second-order valence-electron chi connectivity index (χ2n) is 7.71. The van der Waals surface area contributed by atoms with Gasteiger partial charge >= 0.3 is 0 Å². The number of phenolic OH excluding ortho intramolecular Hbond substituents is 3. The zero-order valence-electron chi connectivity index (χ0n) is 20.7. The Bertz CT molecular complexity index is 1250. The van der Waals surface area contributed by atoms with Crippen molar-refractivity contribution < 1.29 is 39.2 Å². The van der Waals surface area contributed by atoms with E-state index < -0.39 is 0 Å². The van der Waals surface area contributed by atoms with Crippen LogP contribution in [0.1, 0.15) is 34.8 Å². The van der Waals surface area contributed by atoms with Crippen molar-refractivity contribution in [2.75, 3.05) is 14.2 Å². The van der Waals surface area contributed by atoms with E-state index in [1.807, 2.05) is 0 Å². The number of Topliss-reactive ketones (excluding diaryl/α,β-unsaturated/α-hetero) is 1. The Labute approximate surface area is 214 Å². The minimum Gasteiger partial charge on any atom is -0.507 e. The van der Waals surface area contributed by atoms with Crippen LogP contribution in [0.15, 0.2) is 72.8 Å². The first-order valence-corrected chi connectivity index (χ1v) is 11.1. The number of hydrogen-bond acceptors (Lipinski definition) is 8. The third-order valence-electron chi connectivity index (χ3n) is 4.96. The lowest BCUT2D eigenvalue weighted by Gasteiger charge is -2.03. The number of allylic oxidation sites excluding steroid dienone is 2. The zero-order valence-corrected chi connectivity index (χ0v) is 20.7. The largest absolute Gasteiger partial charge is 0.507 e. The third-order valence-corrected chi connectivity index (χ3v) is 4.96. The van der Waals surface area contributed by atoms with Crippen molar-refractivity contribution in [1.29, 1.82) is 0 Å². The average molecular weight is 505 g/mol. The van der Waals surface area contributed by atoms with Gasteiger partial charge in [-0.2, -0.15) is 0 Å². The van der Waals surface area contributed by atoms with Crippen molar-refractivity contribution in [2.45, 2.75) is 13.3 Å². The van der Waals surface area contributed by atoms with Gasteiger partial charge in [0.05, 0.1) is 26.2 Å². The van der Waals surface area contributed by atoms with E-state index in [0.29, 0.717) is 28.2 Å². The molecule has 0 fully saturated rings. The molecular formula is C29H28O8. The number of carbonyl (C=O) groups is 3. The van der Waals surface area contributed by atoms with Crippen molar-refractivity contribution in [3.63, 3.8) is 0 Å². The zero-order chi connectivity index (χ0) is 27.4. The number of phenols is 3. The van der Waals surface area contributed by atoms with Gasteiger partial charge in [0.15, 0.2) is 40.3 Å². The van der Waals surface area contributed by atoms with Gasteiger partial charge in [0, 0.05) is 0 Å². The van der Waals surface area contributed by atoms with Gasteiger partial charge in [-0.3, -0.25) is 14.4 Å². The van der Waals surface area contributed by atoms with Crippen LogP contribution in [0.3, 0.4) is 0 Å². The van der Waals surface area contributed by atoms with Gasteiger partial charge in [0.1, 0.15) is 5.75 Å². The molecule has 0 spiro atoms. The van der Waals surface area contributed by atoms with Crippen molar-refractivity contribution in [2.24, 2.45) is 0 Å². The lowest BCUT2D eigenvalue weighted by Crippen LogP contribution is -2.01. The van der Waals surface area contributed by atoms with Gasteiger partial charge in [0.25, 0.3) is 0 Å². The van der Waals surface area contributed by atoms with Gasteiger partial charge in [0.2, 0.25) is 0 Å². The quantitative estimate of drug-likeness (QED) is 0.212. The van der Waals surface area contributed by atoms with Crippen LogP contribution in [0.5, 0.6) is 28.7 Å². The average Bonchev–Trinajstić information content (AvgIpc) is 2.88. The Balaban J connectivity index is 0.000000402. The minimum atomic E-state index is -0.347. The minimum absolute atomic E-state index is 0.00662. The highest BCUT2D eigenvalue weighted by Crippen LogP contribution is 2.27. The second-order valence-corrected chi connectivity index (χ2v) is 7.71. The fraction of sp³-hybridized carbons (Fsp3) is 0.138. The molecule has 3 aromatic carbocycles. The highest BCUT2D eigenvalue weighted by molar-refractivity contribution is 6.10. The van der Waals surface area contributed by atoms with Crippen LogP contribution in [0, 0.1) is 0 Å². The number of ketones is 3. The summed E-state index contributed by atoms with van der Waals surface area (Å²) in [5.74, 6) is -0.145. The summed E-state index contributed by atoms with van der Waals surface area (Å²) in [6, 6.07) is 15.8. The molecule has 0 aliphatic heterocycles. The van der Waals surface area contributed by atoms with E-state index in [9.17, 15) is 24.6 Å². The standard InChI is InChI=1S/C21H20O6.C8H8O2/c1-26-20-11-14(5-9-18(20)24)3-7-16(22)13-17(23)8-4-15-6-10-19(25)21(12-15)27-2;1-6(9)7-4-2-3-5-8(7)10/h3-12,24-25H,13H2,1-2H3;2-5,10H,1H3/b7-3+,8-4+;. The highest BCUT2D eigenvalue weighted by Gasteiger charge is 2.06. The molecule has 3 aromatic rings. The van der Waals surface area contributed by atoms with Gasteiger partial charge in [-0.25, -0.2) is 0 Å². The highest BCUT2D eigenvalue weighted by atomic mass is 16.5. The maximum atomic E-state index is 11.9. The predicted molar refractivity (Wildman–Crippen MR) is 140 cm³/mol. The van der Waals surface area contributed by atoms with Gasteiger partial charge in [-0.05, 0) is 66.6 Å². The molecule has 0 atom stereocenters. The lowest BCUT2D eigenvalue weighted by molar-refractivity contribution is -0.121. The molecule has 0 bridgehead atoms. The molecule has 0 radical (unpaired) electrons. The SMILES string of the molecule is CC(=O)c1ccccc1O.COc1cc(/C=C/C(=O)CC(=O)/C=C/c2ccc(O)c(OC)c2)ccc1O. The Hall–Kier alpha value is -4.85. The summed E-state index contributed by atoms with van der Waals surface area (Å²) in [6.45, 7) is 1.43. The van der Waals surface area contributed by atoms with Crippen LogP contribution >= 0.6 is 0 Å². The first-order chi connectivity index (χ1) is 17.6. The number of benzene rings is 3. The molecule has 0 aliphatic rings. The fourth-order valence-electron chi connectivity index (χ4n) is 3.04. The van der Waals surface area contributed by atoms with Gasteiger partial charge < -0.3 is 24.8 Å². The van der Waals surface area contributed by atoms with E-state index in [4.69, 9.17) is 14.6 Å². The Morgan fingerprint density at radius 2 is 1.16 bits per heavy atom. The second kappa shape index (κ2) is 13.9. The molecule has 37 heavy (non-hydrogen) atoms. The van der Waals surface area contributed by atoms with Crippen LogP contribution in [0.2, 0.25) is 0 Å². The van der Waals surface area contributed by atoms with E-state index in [0.717, 1.165) is 0 Å². The normalized spacial score (nSPS) is 10.6. The van der Waals surface area contributed by atoms with Crippen LogP contribution in [0.4, 0.5) is 0 Å². The lowest BCUT2D eigenvalue weighted by atomic mass is 10.1. The van der Waals surface area contributed by atoms with Gasteiger partial charge in [-0.1, -0.05) is 36.4 Å².